The van der Waals surface area contributed by atoms with E-state index in [-0.39, 0.29) is 5.75 Å². The minimum atomic E-state index is -3.85. The molecule has 12 nitrogen and oxygen atoms in total. The van der Waals surface area contributed by atoms with Crippen LogP contribution in [0.1, 0.15) is 26.7 Å². The predicted molar refractivity (Wildman–Crippen MR) is 87.4 cm³/mol. The molecule has 1 aliphatic heterocycles. The maximum Gasteiger partial charge on any atom is 0.364 e. The van der Waals surface area contributed by atoms with Gasteiger partial charge in [0.1, 0.15) is 6.23 Å². The van der Waals surface area contributed by atoms with Crippen LogP contribution in [0.25, 0.3) is 0 Å². The van der Waals surface area contributed by atoms with Gasteiger partial charge in [0.15, 0.2) is 0 Å². The molecule has 1 saturated heterocycles. The Morgan fingerprint density at radius 2 is 1.96 bits per heavy atom. The number of hydrogen-bond acceptors (Lipinski definition) is 10. The van der Waals surface area contributed by atoms with Crippen molar-refractivity contribution in [1.82, 2.24) is 5.32 Å². The maximum absolute atomic E-state index is 11.3. The zero-order chi connectivity index (χ0) is 21.0. The Morgan fingerprint density at radius 1 is 1.37 bits per heavy atom. The number of carbonyl (C=O) groups excluding carboxylic acids is 1. The molecule has 27 heavy (non-hydrogen) atoms. The molecule has 158 valence electrons. The van der Waals surface area contributed by atoms with Crippen LogP contribution >= 0.6 is 0 Å². The number of ether oxygens (including phenoxy) is 1. The van der Waals surface area contributed by atoms with Crippen LogP contribution in [0, 0.1) is 5.92 Å². The Labute approximate surface area is 155 Å². The molecule has 1 heterocycles. The SMILES string of the molecule is CCS(=O)(=O)OC[C@@H](O)CC1OC(O)(C(=O)O)CC(O)C1[C@H](O)NC(C)=O. The van der Waals surface area contributed by atoms with Gasteiger partial charge >= 0.3 is 5.97 Å². The number of nitrogens with one attached hydrogen (secondary N) is 1. The van der Waals surface area contributed by atoms with Crippen molar-refractivity contribution in [3.05, 3.63) is 0 Å². The average Bonchev–Trinajstić information content (AvgIpc) is 2.51. The first-order valence-electron chi connectivity index (χ1n) is 8.13. The number of aliphatic hydroxyl groups is 4. The number of amides is 1. The van der Waals surface area contributed by atoms with Gasteiger partial charge in [0.25, 0.3) is 15.9 Å². The summed E-state index contributed by atoms with van der Waals surface area (Å²) in [6, 6.07) is 0. The lowest BCUT2D eigenvalue weighted by atomic mass is 9.83. The summed E-state index contributed by atoms with van der Waals surface area (Å²) in [5, 5.41) is 51.5. The third kappa shape index (κ3) is 6.64. The highest BCUT2D eigenvalue weighted by Crippen LogP contribution is 2.35. The molecule has 1 fully saturated rings. The monoisotopic (exact) mass is 415 g/mol. The summed E-state index contributed by atoms with van der Waals surface area (Å²) in [7, 11) is -3.85. The van der Waals surface area contributed by atoms with E-state index in [9.17, 15) is 38.4 Å². The highest BCUT2D eigenvalue weighted by Gasteiger charge is 2.53. The Morgan fingerprint density at radius 3 is 2.44 bits per heavy atom. The molecule has 0 aromatic heterocycles. The van der Waals surface area contributed by atoms with Gasteiger partial charge in [-0.25, -0.2) is 4.79 Å². The predicted octanol–water partition coefficient (Wildman–Crippen LogP) is -2.90. The van der Waals surface area contributed by atoms with E-state index in [1.54, 1.807) is 0 Å². The van der Waals surface area contributed by atoms with Gasteiger partial charge in [0.2, 0.25) is 5.91 Å². The molecule has 0 radical (unpaired) electrons. The van der Waals surface area contributed by atoms with Crippen LogP contribution in [-0.4, -0.2) is 88.5 Å². The first-order chi connectivity index (χ1) is 12.3. The quantitative estimate of drug-likeness (QED) is 0.167. The first kappa shape index (κ1) is 23.7. The zero-order valence-electron chi connectivity index (χ0n) is 14.8. The molecule has 1 aliphatic rings. The molecule has 0 bridgehead atoms. The minimum absolute atomic E-state index is 0.332. The standard InChI is InChI=1S/C14H25NO11S/c1-3-27(23,24)25-6-8(17)4-10-11(12(19)15-7(2)16)9(18)5-14(22,26-10)13(20)21/h8-12,17-19,22H,3-6H2,1-2H3,(H,15,16)(H,20,21)/t8-,9?,10?,11?,12-,14?/m0/s1. The molecule has 1 rings (SSSR count). The Hall–Kier alpha value is -1.35. The van der Waals surface area contributed by atoms with Crippen molar-refractivity contribution in [3.8, 4) is 0 Å². The van der Waals surface area contributed by atoms with E-state index >= 15 is 0 Å². The topological polar surface area (TPSA) is 200 Å². The molecule has 0 aromatic rings. The van der Waals surface area contributed by atoms with Gasteiger partial charge in [-0.1, -0.05) is 0 Å². The molecule has 0 aliphatic carbocycles. The van der Waals surface area contributed by atoms with E-state index in [1.807, 2.05) is 0 Å². The average molecular weight is 415 g/mol. The van der Waals surface area contributed by atoms with Crippen molar-refractivity contribution in [3.63, 3.8) is 0 Å². The van der Waals surface area contributed by atoms with Gasteiger partial charge in [-0.05, 0) is 6.92 Å². The molecular weight excluding hydrogens is 390 g/mol. The fourth-order valence-corrected chi connectivity index (χ4v) is 3.24. The molecule has 4 unspecified atom stereocenters. The Balaban J connectivity index is 2.97. The number of carboxylic acids is 1. The number of rotatable bonds is 9. The second-order valence-corrected chi connectivity index (χ2v) is 8.19. The van der Waals surface area contributed by atoms with Gasteiger partial charge < -0.3 is 35.6 Å². The van der Waals surface area contributed by atoms with Crippen molar-refractivity contribution >= 4 is 22.0 Å². The van der Waals surface area contributed by atoms with Crippen LogP contribution < -0.4 is 5.32 Å². The molecular formula is C14H25NO11S. The van der Waals surface area contributed by atoms with Gasteiger partial charge in [-0.3, -0.25) is 8.98 Å². The lowest BCUT2D eigenvalue weighted by Crippen LogP contribution is -2.61. The molecule has 6 N–H and O–H groups in total. The fourth-order valence-electron chi connectivity index (χ4n) is 2.71. The largest absolute Gasteiger partial charge is 0.477 e. The lowest BCUT2D eigenvalue weighted by Gasteiger charge is -2.44. The van der Waals surface area contributed by atoms with Crippen molar-refractivity contribution in [1.29, 1.82) is 0 Å². The maximum atomic E-state index is 11.3. The van der Waals surface area contributed by atoms with Gasteiger partial charge in [-0.2, -0.15) is 8.42 Å². The lowest BCUT2D eigenvalue weighted by molar-refractivity contribution is -0.297. The highest BCUT2D eigenvalue weighted by molar-refractivity contribution is 7.86. The molecule has 0 aromatic carbocycles. The molecule has 0 saturated carbocycles. The van der Waals surface area contributed by atoms with Crippen LogP contribution in [0.15, 0.2) is 0 Å². The molecule has 13 heteroatoms. The van der Waals surface area contributed by atoms with Crippen molar-refractivity contribution in [2.24, 2.45) is 5.92 Å². The zero-order valence-corrected chi connectivity index (χ0v) is 15.6. The Kier molecular flexibility index (Phi) is 8.10. The molecule has 6 atom stereocenters. The number of aliphatic hydroxyl groups excluding tert-OH is 3. The van der Waals surface area contributed by atoms with E-state index in [0.29, 0.717) is 0 Å². The summed E-state index contributed by atoms with van der Waals surface area (Å²) >= 11 is 0. The van der Waals surface area contributed by atoms with E-state index in [1.165, 1.54) is 6.92 Å². The van der Waals surface area contributed by atoms with Gasteiger partial charge in [-0.15, -0.1) is 0 Å². The summed E-state index contributed by atoms with van der Waals surface area (Å²) in [6.07, 6.45) is -7.51. The Bertz CT molecular complexity index is 639. The van der Waals surface area contributed by atoms with Crippen molar-refractivity contribution < 1.29 is 52.5 Å². The highest BCUT2D eigenvalue weighted by atomic mass is 32.2. The van der Waals surface area contributed by atoms with Crippen LogP contribution in [0.3, 0.4) is 0 Å². The molecule has 0 spiro atoms. The summed E-state index contributed by atoms with van der Waals surface area (Å²) < 4.78 is 32.3. The number of aliphatic carboxylic acids is 1. The second kappa shape index (κ2) is 9.23. The minimum Gasteiger partial charge on any atom is -0.477 e. The van der Waals surface area contributed by atoms with Gasteiger partial charge in [0.05, 0.1) is 36.6 Å². The van der Waals surface area contributed by atoms with Crippen molar-refractivity contribution in [2.75, 3.05) is 12.4 Å². The number of carbonyl (C=O) groups is 2. The normalized spacial score (nSPS) is 31.1. The number of hydrogen-bond donors (Lipinski definition) is 6. The summed E-state index contributed by atoms with van der Waals surface area (Å²) in [6.45, 7) is 1.75. The van der Waals surface area contributed by atoms with Crippen LogP contribution in [0.2, 0.25) is 0 Å². The molecule has 1 amide bonds. The van der Waals surface area contributed by atoms with Crippen LogP contribution in [0.5, 0.6) is 0 Å². The van der Waals surface area contributed by atoms with Gasteiger partial charge in [0, 0.05) is 19.8 Å². The fraction of sp³-hybridized carbons (Fsp3) is 0.857. The third-order valence-electron chi connectivity index (χ3n) is 4.05. The number of carboxylic acid groups (broad SMARTS) is 1. The summed E-state index contributed by atoms with van der Waals surface area (Å²) in [5.74, 6) is -6.86. The summed E-state index contributed by atoms with van der Waals surface area (Å²) in [4.78, 5) is 22.4. The third-order valence-corrected chi connectivity index (χ3v) is 5.26. The van der Waals surface area contributed by atoms with Crippen LogP contribution in [-0.2, 0) is 28.6 Å². The van der Waals surface area contributed by atoms with E-state index in [4.69, 9.17) is 9.84 Å². The van der Waals surface area contributed by atoms with Crippen molar-refractivity contribution in [2.45, 2.75) is 57.0 Å². The van der Waals surface area contributed by atoms with E-state index in [0.717, 1.165) is 6.92 Å². The summed E-state index contributed by atoms with van der Waals surface area (Å²) in [5.41, 5.74) is 0. The van der Waals surface area contributed by atoms with Crippen LogP contribution in [0.4, 0.5) is 0 Å². The second-order valence-electron chi connectivity index (χ2n) is 6.26. The smallest absolute Gasteiger partial charge is 0.364 e. The first-order valence-corrected chi connectivity index (χ1v) is 9.71. The van der Waals surface area contributed by atoms with E-state index < -0.39 is 77.7 Å². The van der Waals surface area contributed by atoms with E-state index in [2.05, 4.69) is 9.50 Å².